The molecule has 0 bridgehead atoms. The Morgan fingerprint density at radius 1 is 1.28 bits per heavy atom. The molecule has 0 unspecified atom stereocenters. The van der Waals surface area contributed by atoms with Gasteiger partial charge in [-0.05, 0) is 37.8 Å². The smallest absolute Gasteiger partial charge is 0.223 e. The quantitative estimate of drug-likeness (QED) is 0.879. The molecule has 1 amide bonds. The molecule has 0 aliphatic carbocycles. The van der Waals surface area contributed by atoms with Crippen molar-refractivity contribution in [2.45, 2.75) is 45.6 Å². The van der Waals surface area contributed by atoms with Crippen molar-refractivity contribution in [2.24, 2.45) is 0 Å². The van der Waals surface area contributed by atoms with Gasteiger partial charge in [0, 0.05) is 31.6 Å². The van der Waals surface area contributed by atoms with Crippen molar-refractivity contribution in [1.82, 2.24) is 15.1 Å². The Bertz CT molecular complexity index is 696. The monoisotopic (exact) mass is 341 g/mol. The number of ether oxygens (including phenoxy) is 1. The van der Waals surface area contributed by atoms with Gasteiger partial charge >= 0.3 is 0 Å². The number of hydrogen-bond donors (Lipinski definition) is 1. The third-order valence-electron chi connectivity index (χ3n) is 5.02. The first kappa shape index (κ1) is 17.7. The molecule has 1 saturated heterocycles. The van der Waals surface area contributed by atoms with Crippen molar-refractivity contribution < 1.29 is 9.53 Å². The van der Waals surface area contributed by atoms with Crippen LogP contribution in [0.2, 0.25) is 0 Å². The molecule has 1 aliphatic rings. The molecule has 0 saturated carbocycles. The summed E-state index contributed by atoms with van der Waals surface area (Å²) >= 11 is 0. The lowest BCUT2D eigenvalue weighted by atomic mass is 10.1. The second-order valence-electron chi connectivity index (χ2n) is 6.78. The van der Waals surface area contributed by atoms with E-state index in [2.05, 4.69) is 34.5 Å². The predicted octanol–water partition coefficient (Wildman–Crippen LogP) is 2.82. The summed E-state index contributed by atoms with van der Waals surface area (Å²) in [6, 6.07) is 10.4. The van der Waals surface area contributed by atoms with Gasteiger partial charge in [0.15, 0.2) is 0 Å². The molecule has 3 rings (SSSR count). The van der Waals surface area contributed by atoms with Crippen molar-refractivity contribution in [1.29, 1.82) is 0 Å². The van der Waals surface area contributed by atoms with E-state index in [9.17, 15) is 4.79 Å². The number of carbonyl (C=O) groups is 1. The molecule has 2 aromatic rings. The number of hydrogen-bond acceptors (Lipinski definition) is 3. The van der Waals surface area contributed by atoms with Crippen LogP contribution in [0.3, 0.4) is 0 Å². The van der Waals surface area contributed by atoms with Crippen molar-refractivity contribution in [3.63, 3.8) is 0 Å². The fraction of sp³-hybridized carbons (Fsp3) is 0.500. The number of benzene rings is 1. The third-order valence-corrected chi connectivity index (χ3v) is 5.02. The van der Waals surface area contributed by atoms with Crippen LogP contribution in [0.4, 0.5) is 0 Å². The van der Waals surface area contributed by atoms with Crippen LogP contribution in [0.15, 0.2) is 30.3 Å². The van der Waals surface area contributed by atoms with Crippen molar-refractivity contribution in [2.75, 3.05) is 19.7 Å². The van der Waals surface area contributed by atoms with Crippen LogP contribution in [0, 0.1) is 13.8 Å². The molecule has 5 nitrogen and oxygen atoms in total. The van der Waals surface area contributed by atoms with E-state index >= 15 is 0 Å². The predicted molar refractivity (Wildman–Crippen MR) is 97.5 cm³/mol. The highest BCUT2D eigenvalue weighted by molar-refractivity contribution is 5.76. The normalized spacial score (nSPS) is 17.7. The highest BCUT2D eigenvalue weighted by atomic mass is 16.5. The lowest BCUT2D eigenvalue weighted by Crippen LogP contribution is -2.45. The summed E-state index contributed by atoms with van der Waals surface area (Å²) in [5, 5.41) is 7.27. The van der Waals surface area contributed by atoms with E-state index in [-0.39, 0.29) is 12.0 Å². The summed E-state index contributed by atoms with van der Waals surface area (Å²) in [6.45, 7) is 6.08. The first-order chi connectivity index (χ1) is 12.1. The summed E-state index contributed by atoms with van der Waals surface area (Å²) in [4.78, 5) is 14.5. The second kappa shape index (κ2) is 8.30. The van der Waals surface area contributed by atoms with E-state index in [4.69, 9.17) is 4.74 Å². The summed E-state index contributed by atoms with van der Waals surface area (Å²) in [7, 11) is 0. The average Bonchev–Trinajstić information content (AvgIpc) is 2.97. The highest BCUT2D eigenvalue weighted by Gasteiger charge is 2.24. The van der Waals surface area contributed by atoms with Gasteiger partial charge in [-0.3, -0.25) is 9.89 Å². The second-order valence-corrected chi connectivity index (χ2v) is 6.78. The van der Waals surface area contributed by atoms with Crippen LogP contribution in [0.25, 0.3) is 0 Å². The Balaban J connectivity index is 1.47. The van der Waals surface area contributed by atoms with Gasteiger partial charge in [0.2, 0.25) is 5.91 Å². The number of carbonyl (C=O) groups excluding carboxylic acids is 1. The van der Waals surface area contributed by atoms with Crippen LogP contribution < -0.4 is 0 Å². The standard InChI is InChI=1S/C20H27N3O2/c1-15-16(2)21-22-19(15)10-11-20(24)23-12-13-25-18(14-23)9-8-17-6-4-3-5-7-17/h3-7,18H,8-14H2,1-2H3,(H,21,22)/t18-/m0/s1. The lowest BCUT2D eigenvalue weighted by Gasteiger charge is -2.33. The van der Waals surface area contributed by atoms with Crippen molar-refractivity contribution in [3.05, 3.63) is 52.8 Å². The van der Waals surface area contributed by atoms with Gasteiger partial charge in [0.25, 0.3) is 0 Å². The minimum Gasteiger partial charge on any atom is -0.375 e. The molecule has 1 atom stereocenters. The zero-order chi connectivity index (χ0) is 17.6. The van der Waals surface area contributed by atoms with Gasteiger partial charge in [0.1, 0.15) is 0 Å². The van der Waals surface area contributed by atoms with Crippen LogP contribution in [0.5, 0.6) is 0 Å². The van der Waals surface area contributed by atoms with Gasteiger partial charge in [-0.2, -0.15) is 5.10 Å². The minimum absolute atomic E-state index is 0.132. The van der Waals surface area contributed by atoms with Gasteiger partial charge in [-0.1, -0.05) is 30.3 Å². The Morgan fingerprint density at radius 3 is 2.80 bits per heavy atom. The molecule has 2 heterocycles. The molecular weight excluding hydrogens is 314 g/mol. The van der Waals surface area contributed by atoms with Gasteiger partial charge in [-0.25, -0.2) is 0 Å². The summed E-state index contributed by atoms with van der Waals surface area (Å²) in [6.07, 6.45) is 3.27. The van der Waals surface area contributed by atoms with E-state index in [1.165, 1.54) is 5.56 Å². The van der Waals surface area contributed by atoms with E-state index in [0.29, 0.717) is 32.5 Å². The molecule has 0 spiro atoms. The first-order valence-electron chi connectivity index (χ1n) is 9.07. The van der Waals surface area contributed by atoms with Gasteiger partial charge in [0.05, 0.1) is 18.4 Å². The van der Waals surface area contributed by atoms with E-state index in [1.54, 1.807) is 0 Å². The maximum absolute atomic E-state index is 12.5. The molecule has 1 N–H and O–H groups in total. The number of rotatable bonds is 6. The molecule has 134 valence electrons. The molecule has 0 radical (unpaired) electrons. The summed E-state index contributed by atoms with van der Waals surface area (Å²) < 4.78 is 5.85. The van der Waals surface area contributed by atoms with Crippen molar-refractivity contribution in [3.8, 4) is 0 Å². The number of H-pyrrole nitrogens is 1. The maximum atomic E-state index is 12.5. The molecule has 1 aromatic heterocycles. The number of morpholine rings is 1. The molecular formula is C20H27N3O2. The van der Waals surface area contributed by atoms with Crippen LogP contribution in [-0.4, -0.2) is 46.8 Å². The SMILES string of the molecule is Cc1[nH]nc(CCC(=O)N2CCO[C@@H](CCc3ccccc3)C2)c1C. The first-order valence-corrected chi connectivity index (χ1v) is 9.07. The van der Waals surface area contributed by atoms with E-state index in [0.717, 1.165) is 29.8 Å². The Kier molecular flexibility index (Phi) is 5.87. The highest BCUT2D eigenvalue weighted by Crippen LogP contribution is 2.15. The third kappa shape index (κ3) is 4.69. The fourth-order valence-electron chi connectivity index (χ4n) is 3.26. The van der Waals surface area contributed by atoms with E-state index < -0.39 is 0 Å². The number of amides is 1. The minimum atomic E-state index is 0.132. The Labute approximate surface area is 149 Å². The average molecular weight is 341 g/mol. The topological polar surface area (TPSA) is 58.2 Å². The van der Waals surface area contributed by atoms with Gasteiger partial charge < -0.3 is 9.64 Å². The molecule has 1 fully saturated rings. The summed E-state index contributed by atoms with van der Waals surface area (Å²) in [5.41, 5.74) is 4.56. The summed E-state index contributed by atoms with van der Waals surface area (Å²) in [5.74, 6) is 0.202. The van der Waals surface area contributed by atoms with Gasteiger partial charge in [-0.15, -0.1) is 0 Å². The number of nitrogens with zero attached hydrogens (tertiary/aromatic N) is 2. The van der Waals surface area contributed by atoms with Crippen LogP contribution >= 0.6 is 0 Å². The van der Waals surface area contributed by atoms with Crippen molar-refractivity contribution >= 4 is 5.91 Å². The number of aryl methyl sites for hydroxylation is 3. The zero-order valence-electron chi connectivity index (χ0n) is 15.1. The molecule has 1 aliphatic heterocycles. The van der Waals surface area contributed by atoms with Crippen LogP contribution in [-0.2, 0) is 22.4 Å². The zero-order valence-corrected chi connectivity index (χ0v) is 15.1. The molecule has 1 aromatic carbocycles. The number of aromatic nitrogens is 2. The number of aromatic amines is 1. The molecule has 5 heteroatoms. The number of nitrogens with one attached hydrogen (secondary N) is 1. The maximum Gasteiger partial charge on any atom is 0.223 e. The van der Waals surface area contributed by atoms with Crippen LogP contribution in [0.1, 0.15) is 35.4 Å². The van der Waals surface area contributed by atoms with E-state index in [1.807, 2.05) is 24.8 Å². The lowest BCUT2D eigenvalue weighted by molar-refractivity contribution is -0.138. The fourth-order valence-corrected chi connectivity index (χ4v) is 3.26. The Morgan fingerprint density at radius 2 is 2.08 bits per heavy atom. The molecule has 25 heavy (non-hydrogen) atoms. The largest absolute Gasteiger partial charge is 0.375 e. The Hall–Kier alpha value is -2.14.